The van der Waals surface area contributed by atoms with Crippen LogP contribution in [0.4, 0.5) is 4.39 Å². The van der Waals surface area contributed by atoms with E-state index in [0.29, 0.717) is 0 Å². The van der Waals surface area contributed by atoms with Gasteiger partial charge in [-0.15, -0.1) is 0 Å². The van der Waals surface area contributed by atoms with Crippen LogP contribution in [0, 0.1) is 5.82 Å². The first kappa shape index (κ1) is 12.8. The van der Waals surface area contributed by atoms with Crippen LogP contribution in [-0.2, 0) is 0 Å². The minimum atomic E-state index is -1.22. The molecule has 98 valence electrons. The molecule has 0 atom stereocenters. The standard InChI is InChI=1S/C13H16FNO3/c14-9-7-11(13(16)17)12(15-8-9)18-10-5-3-1-2-4-6-10/h7-8,10H,1-6H2,(H,16,17). The second-order valence-electron chi connectivity index (χ2n) is 4.54. The number of hydrogen-bond acceptors (Lipinski definition) is 3. The first-order valence-electron chi connectivity index (χ1n) is 6.22. The molecule has 2 rings (SSSR count). The average molecular weight is 253 g/mol. The van der Waals surface area contributed by atoms with E-state index >= 15 is 0 Å². The molecule has 0 aromatic carbocycles. The largest absolute Gasteiger partial charge is 0.477 e. The van der Waals surface area contributed by atoms with Crippen molar-refractivity contribution in [3.8, 4) is 5.88 Å². The van der Waals surface area contributed by atoms with Crippen LogP contribution < -0.4 is 4.74 Å². The third-order valence-corrected chi connectivity index (χ3v) is 3.13. The summed E-state index contributed by atoms with van der Waals surface area (Å²) in [5.41, 5.74) is -0.209. The zero-order valence-corrected chi connectivity index (χ0v) is 10.1. The van der Waals surface area contributed by atoms with Crippen molar-refractivity contribution in [2.45, 2.75) is 44.6 Å². The number of halogens is 1. The highest BCUT2D eigenvalue weighted by atomic mass is 19.1. The molecule has 1 saturated carbocycles. The Morgan fingerprint density at radius 1 is 1.33 bits per heavy atom. The molecule has 0 radical (unpaired) electrons. The van der Waals surface area contributed by atoms with Gasteiger partial charge in [-0.05, 0) is 31.7 Å². The number of carboxylic acid groups (broad SMARTS) is 1. The Morgan fingerprint density at radius 3 is 2.61 bits per heavy atom. The highest BCUT2D eigenvalue weighted by molar-refractivity contribution is 5.90. The van der Waals surface area contributed by atoms with Crippen molar-refractivity contribution in [1.29, 1.82) is 0 Å². The first-order chi connectivity index (χ1) is 8.66. The predicted molar refractivity (Wildman–Crippen MR) is 63.3 cm³/mol. The Kier molecular flexibility index (Phi) is 4.12. The quantitative estimate of drug-likeness (QED) is 0.841. The molecule has 1 aromatic heterocycles. The van der Waals surface area contributed by atoms with Crippen LogP contribution in [0.3, 0.4) is 0 Å². The Labute approximate surface area is 105 Å². The minimum absolute atomic E-state index is 0.0106. The molecule has 4 nitrogen and oxygen atoms in total. The lowest BCUT2D eigenvalue weighted by molar-refractivity contribution is 0.0685. The summed E-state index contributed by atoms with van der Waals surface area (Å²) < 4.78 is 18.6. The monoisotopic (exact) mass is 253 g/mol. The van der Waals surface area contributed by atoms with Gasteiger partial charge in [0.1, 0.15) is 17.5 Å². The lowest BCUT2D eigenvalue weighted by Crippen LogP contribution is -2.18. The van der Waals surface area contributed by atoms with E-state index in [9.17, 15) is 9.18 Å². The Morgan fingerprint density at radius 2 is 2.00 bits per heavy atom. The number of ether oxygens (including phenoxy) is 1. The fraction of sp³-hybridized carbons (Fsp3) is 0.538. The summed E-state index contributed by atoms with van der Waals surface area (Å²) in [7, 11) is 0. The molecule has 0 saturated heterocycles. The van der Waals surface area contributed by atoms with E-state index in [1.165, 1.54) is 12.8 Å². The average Bonchev–Trinajstić information content (AvgIpc) is 2.60. The van der Waals surface area contributed by atoms with E-state index in [1.807, 2.05) is 0 Å². The van der Waals surface area contributed by atoms with Crippen LogP contribution in [0.25, 0.3) is 0 Å². The maximum absolute atomic E-state index is 13.0. The van der Waals surface area contributed by atoms with Gasteiger partial charge in [0.15, 0.2) is 0 Å². The fourth-order valence-electron chi connectivity index (χ4n) is 2.19. The first-order valence-corrected chi connectivity index (χ1v) is 6.22. The van der Waals surface area contributed by atoms with Crippen molar-refractivity contribution in [1.82, 2.24) is 4.98 Å². The van der Waals surface area contributed by atoms with Gasteiger partial charge in [0, 0.05) is 0 Å². The van der Waals surface area contributed by atoms with E-state index in [0.717, 1.165) is 37.9 Å². The molecule has 1 aliphatic rings. The summed E-state index contributed by atoms with van der Waals surface area (Å²) in [6.07, 6.45) is 7.30. The van der Waals surface area contributed by atoms with Gasteiger partial charge in [0.25, 0.3) is 0 Å². The second kappa shape index (κ2) is 5.80. The van der Waals surface area contributed by atoms with Gasteiger partial charge in [0.2, 0.25) is 5.88 Å². The Bertz CT molecular complexity index is 428. The number of aromatic carboxylic acids is 1. The normalized spacial score (nSPS) is 17.2. The van der Waals surface area contributed by atoms with Gasteiger partial charge in [-0.25, -0.2) is 14.2 Å². The summed E-state index contributed by atoms with van der Waals surface area (Å²) >= 11 is 0. The van der Waals surface area contributed by atoms with Crippen LogP contribution in [0.1, 0.15) is 48.9 Å². The van der Waals surface area contributed by atoms with Gasteiger partial charge < -0.3 is 9.84 Å². The minimum Gasteiger partial charge on any atom is -0.477 e. The number of pyridine rings is 1. The molecule has 0 aliphatic heterocycles. The van der Waals surface area contributed by atoms with Crippen LogP contribution in [-0.4, -0.2) is 22.2 Å². The summed E-state index contributed by atoms with van der Waals surface area (Å²) in [4.78, 5) is 14.7. The molecular weight excluding hydrogens is 237 g/mol. The molecule has 0 unspecified atom stereocenters. The lowest BCUT2D eigenvalue weighted by atomic mass is 10.1. The smallest absolute Gasteiger partial charge is 0.341 e. The molecule has 0 amide bonds. The van der Waals surface area contributed by atoms with Gasteiger partial charge in [0.05, 0.1) is 6.20 Å². The van der Waals surface area contributed by atoms with Gasteiger partial charge >= 0.3 is 5.97 Å². The second-order valence-corrected chi connectivity index (χ2v) is 4.54. The summed E-state index contributed by atoms with van der Waals surface area (Å²) in [6, 6.07) is 0.946. The van der Waals surface area contributed by atoms with Crippen LogP contribution in [0.2, 0.25) is 0 Å². The van der Waals surface area contributed by atoms with Gasteiger partial charge in [-0.1, -0.05) is 12.8 Å². The lowest BCUT2D eigenvalue weighted by Gasteiger charge is -2.17. The molecule has 0 bridgehead atoms. The fourth-order valence-corrected chi connectivity index (χ4v) is 2.19. The van der Waals surface area contributed by atoms with E-state index in [-0.39, 0.29) is 17.5 Å². The highest BCUT2D eigenvalue weighted by Crippen LogP contribution is 2.24. The maximum atomic E-state index is 13.0. The zero-order valence-electron chi connectivity index (χ0n) is 10.1. The predicted octanol–water partition coefficient (Wildman–Crippen LogP) is 3.02. The van der Waals surface area contributed by atoms with Crippen molar-refractivity contribution in [3.05, 3.63) is 23.6 Å². The Balaban J connectivity index is 2.14. The topological polar surface area (TPSA) is 59.4 Å². The third kappa shape index (κ3) is 3.18. The molecule has 1 heterocycles. The highest BCUT2D eigenvalue weighted by Gasteiger charge is 2.19. The molecular formula is C13H16FNO3. The Hall–Kier alpha value is -1.65. The maximum Gasteiger partial charge on any atom is 0.341 e. The molecule has 1 aliphatic carbocycles. The van der Waals surface area contributed by atoms with Crippen molar-refractivity contribution in [2.24, 2.45) is 0 Å². The van der Waals surface area contributed by atoms with E-state index in [1.54, 1.807) is 0 Å². The number of carbonyl (C=O) groups is 1. The molecule has 0 spiro atoms. The summed E-state index contributed by atoms with van der Waals surface area (Å²) in [5, 5.41) is 8.99. The molecule has 1 aromatic rings. The zero-order chi connectivity index (χ0) is 13.0. The van der Waals surface area contributed by atoms with Crippen LogP contribution in [0.15, 0.2) is 12.3 Å². The van der Waals surface area contributed by atoms with Gasteiger partial charge in [-0.3, -0.25) is 0 Å². The van der Waals surface area contributed by atoms with Gasteiger partial charge in [-0.2, -0.15) is 0 Å². The van der Waals surface area contributed by atoms with E-state index in [4.69, 9.17) is 9.84 Å². The number of aromatic nitrogens is 1. The van der Waals surface area contributed by atoms with Crippen LogP contribution >= 0.6 is 0 Å². The molecule has 18 heavy (non-hydrogen) atoms. The van der Waals surface area contributed by atoms with Crippen molar-refractivity contribution in [3.63, 3.8) is 0 Å². The van der Waals surface area contributed by atoms with Crippen molar-refractivity contribution >= 4 is 5.97 Å². The summed E-state index contributed by atoms with van der Waals surface area (Å²) in [5.74, 6) is -1.86. The SMILES string of the molecule is O=C(O)c1cc(F)cnc1OC1CCCCCC1. The number of carboxylic acids is 1. The van der Waals surface area contributed by atoms with E-state index in [2.05, 4.69) is 4.98 Å². The molecule has 1 fully saturated rings. The number of nitrogens with zero attached hydrogens (tertiary/aromatic N) is 1. The van der Waals surface area contributed by atoms with Crippen molar-refractivity contribution < 1.29 is 19.0 Å². The number of rotatable bonds is 3. The van der Waals surface area contributed by atoms with Crippen LogP contribution in [0.5, 0.6) is 5.88 Å². The summed E-state index contributed by atoms with van der Waals surface area (Å²) in [6.45, 7) is 0. The third-order valence-electron chi connectivity index (χ3n) is 3.13. The van der Waals surface area contributed by atoms with Crippen molar-refractivity contribution in [2.75, 3.05) is 0 Å². The number of hydrogen-bond donors (Lipinski definition) is 1. The molecule has 5 heteroatoms. The molecule has 1 N–H and O–H groups in total. The van der Waals surface area contributed by atoms with E-state index < -0.39 is 11.8 Å².